The molecule has 0 radical (unpaired) electrons. The van der Waals surface area contributed by atoms with E-state index in [2.05, 4.69) is 10.3 Å². The second kappa shape index (κ2) is 4.00. The largest absolute Gasteiger partial charge is 0.382 e. The van der Waals surface area contributed by atoms with Crippen molar-refractivity contribution in [1.82, 2.24) is 4.98 Å². The molecule has 0 saturated heterocycles. The molecule has 16 heavy (non-hydrogen) atoms. The quantitative estimate of drug-likeness (QED) is 0.788. The second-order valence-corrected chi connectivity index (χ2v) is 3.57. The van der Waals surface area contributed by atoms with Gasteiger partial charge in [-0.2, -0.15) is 23.4 Å². The predicted molar refractivity (Wildman–Crippen MR) is 50.2 cm³/mol. The zero-order valence-electron chi connectivity index (χ0n) is 8.23. The molecule has 1 unspecified atom stereocenters. The summed E-state index contributed by atoms with van der Waals surface area (Å²) in [5.74, 6) is -3.92. The molecule has 1 N–H and O–H groups in total. The van der Waals surface area contributed by atoms with Gasteiger partial charge in [-0.25, -0.2) is 0 Å². The van der Waals surface area contributed by atoms with Crippen molar-refractivity contribution in [3.05, 3.63) is 23.3 Å². The number of fused-ring (bicyclic) bond motifs is 1. The van der Waals surface area contributed by atoms with Crippen LogP contribution in [0.5, 0.6) is 0 Å². The zero-order valence-corrected chi connectivity index (χ0v) is 8.23. The number of hydrogen-bond acceptors (Lipinski definition) is 3. The smallest absolute Gasteiger partial charge is 0.253 e. The number of nitriles is 1. The first-order valence-corrected chi connectivity index (χ1v) is 4.80. The molecule has 0 aromatic carbocycles. The van der Waals surface area contributed by atoms with Crippen molar-refractivity contribution < 1.29 is 13.2 Å². The number of rotatable bonds is 2. The molecular formula is C10H8F3N3. The van der Waals surface area contributed by atoms with Crippen molar-refractivity contribution in [3.63, 3.8) is 0 Å². The van der Waals surface area contributed by atoms with Gasteiger partial charge in [0.2, 0.25) is 11.8 Å². The Balaban J connectivity index is 2.40. The minimum absolute atomic E-state index is 0.0501. The Labute approximate surface area is 89.9 Å². The van der Waals surface area contributed by atoms with Crippen LogP contribution in [0.25, 0.3) is 0 Å². The van der Waals surface area contributed by atoms with E-state index >= 15 is 0 Å². The predicted octanol–water partition coefficient (Wildman–Crippen LogP) is 2.31. The van der Waals surface area contributed by atoms with Crippen LogP contribution in [0.4, 0.5) is 18.9 Å². The van der Waals surface area contributed by atoms with E-state index in [0.29, 0.717) is 13.0 Å². The van der Waals surface area contributed by atoms with E-state index in [9.17, 15) is 13.2 Å². The third-order valence-corrected chi connectivity index (χ3v) is 2.63. The number of pyridine rings is 1. The molecule has 2 heterocycles. The third-order valence-electron chi connectivity index (χ3n) is 2.63. The van der Waals surface area contributed by atoms with Crippen LogP contribution >= 0.6 is 0 Å². The monoisotopic (exact) mass is 227 g/mol. The van der Waals surface area contributed by atoms with Gasteiger partial charge < -0.3 is 5.32 Å². The molecule has 0 spiro atoms. The summed E-state index contributed by atoms with van der Waals surface area (Å²) in [6.45, 7) is 0.302. The Morgan fingerprint density at radius 2 is 2.12 bits per heavy atom. The van der Waals surface area contributed by atoms with Crippen LogP contribution in [-0.4, -0.2) is 11.5 Å². The second-order valence-electron chi connectivity index (χ2n) is 3.57. The van der Waals surface area contributed by atoms with Crippen molar-refractivity contribution in [2.75, 3.05) is 11.9 Å². The lowest BCUT2D eigenvalue weighted by Gasteiger charge is -2.07. The van der Waals surface area contributed by atoms with Crippen LogP contribution in [0, 0.1) is 29.0 Å². The van der Waals surface area contributed by atoms with Gasteiger partial charge in [0.25, 0.3) is 5.95 Å². The lowest BCUT2D eigenvalue weighted by molar-refractivity contribution is 0.443. The maximum Gasteiger partial charge on any atom is 0.253 e. The summed E-state index contributed by atoms with van der Waals surface area (Å²) in [6, 6.07) is 1.93. The van der Waals surface area contributed by atoms with Crippen molar-refractivity contribution in [2.45, 2.75) is 18.8 Å². The molecule has 0 saturated carbocycles. The summed E-state index contributed by atoms with van der Waals surface area (Å²) in [5.41, 5.74) is -0.109. The number of halogens is 3. The normalized spacial score (nSPS) is 17.8. The van der Waals surface area contributed by atoms with Gasteiger partial charge in [-0.3, -0.25) is 0 Å². The highest BCUT2D eigenvalue weighted by atomic mass is 19.2. The minimum Gasteiger partial charge on any atom is -0.382 e. The van der Waals surface area contributed by atoms with Crippen LogP contribution in [0.3, 0.4) is 0 Å². The highest BCUT2D eigenvalue weighted by molar-refractivity contribution is 5.58. The fourth-order valence-corrected chi connectivity index (χ4v) is 1.88. The van der Waals surface area contributed by atoms with E-state index < -0.39 is 17.7 Å². The molecular weight excluding hydrogens is 219 g/mol. The fraction of sp³-hybridized carbons (Fsp3) is 0.400. The number of nitrogens with zero attached hydrogens (tertiary/aromatic N) is 2. The molecule has 2 rings (SSSR count). The number of nitrogens with one attached hydrogen (secondary N) is 1. The Hall–Kier alpha value is -1.77. The topological polar surface area (TPSA) is 48.7 Å². The van der Waals surface area contributed by atoms with Gasteiger partial charge in [-0.15, -0.1) is 0 Å². The molecule has 6 heteroatoms. The summed E-state index contributed by atoms with van der Waals surface area (Å²) < 4.78 is 39.4. The molecule has 1 aromatic rings. The fourth-order valence-electron chi connectivity index (χ4n) is 1.88. The van der Waals surface area contributed by atoms with Gasteiger partial charge in [0.1, 0.15) is 0 Å². The van der Waals surface area contributed by atoms with E-state index in [-0.39, 0.29) is 23.6 Å². The van der Waals surface area contributed by atoms with Crippen molar-refractivity contribution >= 4 is 5.69 Å². The van der Waals surface area contributed by atoms with Crippen LogP contribution in [0.1, 0.15) is 24.3 Å². The number of anilines is 1. The maximum absolute atomic E-state index is 13.4. The number of hydrogen-bond donors (Lipinski definition) is 1. The van der Waals surface area contributed by atoms with Crippen molar-refractivity contribution in [3.8, 4) is 6.07 Å². The molecule has 1 aromatic heterocycles. The Bertz CT molecular complexity index is 467. The van der Waals surface area contributed by atoms with E-state index in [4.69, 9.17) is 5.26 Å². The zero-order chi connectivity index (χ0) is 11.7. The van der Waals surface area contributed by atoms with Crippen LogP contribution in [0.2, 0.25) is 0 Å². The van der Waals surface area contributed by atoms with Gasteiger partial charge >= 0.3 is 0 Å². The molecule has 1 aliphatic heterocycles. The molecule has 1 aliphatic rings. The summed E-state index contributed by atoms with van der Waals surface area (Å²) in [4.78, 5) is 2.87. The highest BCUT2D eigenvalue weighted by Gasteiger charge is 2.31. The van der Waals surface area contributed by atoms with E-state index in [1.54, 1.807) is 0 Å². The summed E-state index contributed by atoms with van der Waals surface area (Å²) in [7, 11) is 0. The Kier molecular flexibility index (Phi) is 2.69. The number of aromatic nitrogens is 1. The van der Waals surface area contributed by atoms with Crippen molar-refractivity contribution in [1.29, 1.82) is 5.26 Å². The van der Waals surface area contributed by atoms with Gasteiger partial charge in [0, 0.05) is 24.4 Å². The Morgan fingerprint density at radius 1 is 1.38 bits per heavy atom. The SMILES string of the molecule is N#CCCC1CNc2c(F)c(F)nc(F)c21. The standard InChI is InChI=1S/C10H8F3N3/c11-7-8-6(9(12)16-10(7)13)5(4-15-8)2-1-3-14/h5,15H,1-2,4H2. The van der Waals surface area contributed by atoms with Crippen molar-refractivity contribution in [2.24, 2.45) is 0 Å². The summed E-state index contributed by atoms with van der Waals surface area (Å²) >= 11 is 0. The molecule has 3 nitrogen and oxygen atoms in total. The molecule has 84 valence electrons. The van der Waals surface area contributed by atoms with Gasteiger partial charge in [0.15, 0.2) is 0 Å². The minimum atomic E-state index is -1.44. The average molecular weight is 227 g/mol. The Morgan fingerprint density at radius 3 is 2.81 bits per heavy atom. The molecule has 0 fully saturated rings. The molecule has 0 bridgehead atoms. The van der Waals surface area contributed by atoms with E-state index in [0.717, 1.165) is 0 Å². The first-order chi connectivity index (χ1) is 7.65. The third kappa shape index (κ3) is 1.58. The summed E-state index contributed by atoms with van der Waals surface area (Å²) in [6.07, 6.45) is 0.643. The lowest BCUT2D eigenvalue weighted by atomic mass is 9.98. The first kappa shape index (κ1) is 10.7. The molecule has 0 aliphatic carbocycles. The van der Waals surface area contributed by atoms with Gasteiger partial charge in [-0.1, -0.05) is 0 Å². The summed E-state index contributed by atoms with van der Waals surface area (Å²) in [5, 5.41) is 11.0. The average Bonchev–Trinajstić information content (AvgIpc) is 2.67. The maximum atomic E-state index is 13.4. The first-order valence-electron chi connectivity index (χ1n) is 4.80. The van der Waals surface area contributed by atoms with Gasteiger partial charge in [0.05, 0.1) is 11.8 Å². The molecule has 1 atom stereocenters. The van der Waals surface area contributed by atoms with Crippen LogP contribution < -0.4 is 5.32 Å². The van der Waals surface area contributed by atoms with Crippen LogP contribution in [0.15, 0.2) is 0 Å². The van der Waals surface area contributed by atoms with Crippen LogP contribution in [-0.2, 0) is 0 Å². The van der Waals surface area contributed by atoms with E-state index in [1.165, 1.54) is 0 Å². The lowest BCUT2D eigenvalue weighted by Crippen LogP contribution is -2.03. The van der Waals surface area contributed by atoms with Gasteiger partial charge in [-0.05, 0) is 6.42 Å². The highest BCUT2D eigenvalue weighted by Crippen LogP contribution is 2.37. The van der Waals surface area contributed by atoms with E-state index in [1.807, 2.05) is 6.07 Å². The molecule has 0 amide bonds.